The molecule has 3 nitrogen and oxygen atoms in total. The maximum Gasteiger partial charge on any atom is 0.228 e. The molecule has 4 bridgehead atoms. The average Bonchev–Trinajstić information content (AvgIpc) is 2.45. The van der Waals surface area contributed by atoms with E-state index in [0.29, 0.717) is 11.8 Å². The van der Waals surface area contributed by atoms with Crippen molar-refractivity contribution in [3.05, 3.63) is 0 Å². The second kappa shape index (κ2) is 4.72. The van der Waals surface area contributed by atoms with Crippen LogP contribution in [0.4, 0.5) is 0 Å². The van der Waals surface area contributed by atoms with Crippen LogP contribution < -0.4 is 0 Å². The van der Waals surface area contributed by atoms with Crippen LogP contribution in [0.3, 0.4) is 0 Å². The lowest BCUT2D eigenvalue weighted by molar-refractivity contribution is -0.159. The minimum atomic E-state index is 0.00605. The summed E-state index contributed by atoms with van der Waals surface area (Å²) in [4.78, 5) is 15.3. The molecule has 0 spiro atoms. The molecule has 1 unspecified atom stereocenters. The zero-order chi connectivity index (χ0) is 13.7. The number of carbonyl (C=O) groups is 1. The number of hydrogen-bond acceptors (Lipinski definition) is 2. The molecule has 4 saturated carbocycles. The Hall–Kier alpha value is -0.570. The number of aliphatic hydroxyl groups is 1. The second-order valence-electron chi connectivity index (χ2n) is 8.14. The molecule has 1 aliphatic heterocycles. The lowest BCUT2D eigenvalue weighted by Crippen LogP contribution is -2.56. The Bertz CT molecular complexity index is 371. The Kier molecular flexibility index (Phi) is 3.10. The molecule has 20 heavy (non-hydrogen) atoms. The van der Waals surface area contributed by atoms with Gasteiger partial charge in [-0.05, 0) is 75.0 Å². The number of carbonyl (C=O) groups excluding carboxylic acids is 1. The number of amides is 1. The first kappa shape index (κ1) is 13.1. The van der Waals surface area contributed by atoms with Crippen molar-refractivity contribution in [2.45, 2.75) is 51.4 Å². The molecule has 0 aromatic rings. The molecule has 5 aliphatic rings. The lowest BCUT2D eigenvalue weighted by atomic mass is 9.49. The molecule has 1 heterocycles. The van der Waals surface area contributed by atoms with E-state index in [1.165, 1.54) is 38.5 Å². The minimum Gasteiger partial charge on any atom is -0.396 e. The molecule has 1 N–H and O–H groups in total. The summed E-state index contributed by atoms with van der Waals surface area (Å²) >= 11 is 0. The number of piperidine rings is 1. The molecule has 3 heteroatoms. The highest BCUT2D eigenvalue weighted by molar-refractivity contribution is 5.83. The smallest absolute Gasteiger partial charge is 0.228 e. The van der Waals surface area contributed by atoms with E-state index in [2.05, 4.69) is 4.90 Å². The van der Waals surface area contributed by atoms with Gasteiger partial charge < -0.3 is 10.0 Å². The highest BCUT2D eigenvalue weighted by atomic mass is 16.3. The molecule has 5 rings (SSSR count). The predicted octanol–water partition coefficient (Wildman–Crippen LogP) is 2.43. The molecule has 0 radical (unpaired) electrons. The first-order valence-corrected chi connectivity index (χ1v) is 8.59. The van der Waals surface area contributed by atoms with Crippen molar-refractivity contribution in [2.75, 3.05) is 19.7 Å². The quantitative estimate of drug-likeness (QED) is 0.842. The van der Waals surface area contributed by atoms with Gasteiger partial charge in [0.25, 0.3) is 0 Å². The molecule has 112 valence electrons. The van der Waals surface area contributed by atoms with Gasteiger partial charge in [0.2, 0.25) is 5.91 Å². The summed E-state index contributed by atoms with van der Waals surface area (Å²) in [5, 5.41) is 9.39. The molecule has 4 aliphatic carbocycles. The normalized spacial score (nSPS) is 46.8. The van der Waals surface area contributed by atoms with Crippen molar-refractivity contribution in [2.24, 2.45) is 29.1 Å². The van der Waals surface area contributed by atoms with Crippen molar-refractivity contribution in [3.8, 4) is 0 Å². The standard InChI is InChI=1S/C17H27NO2/c19-11-12-2-1-3-18(10-12)16(20)17-7-13-4-14(8-17)6-15(5-13)9-17/h12-15,19H,1-11H2. The van der Waals surface area contributed by atoms with E-state index >= 15 is 0 Å². The molecule has 0 aromatic heterocycles. The summed E-state index contributed by atoms with van der Waals surface area (Å²) in [6.45, 7) is 1.97. The Morgan fingerprint density at radius 3 is 2.25 bits per heavy atom. The van der Waals surface area contributed by atoms with Gasteiger partial charge in [-0.1, -0.05) is 0 Å². The van der Waals surface area contributed by atoms with Crippen molar-refractivity contribution >= 4 is 5.91 Å². The van der Waals surface area contributed by atoms with Gasteiger partial charge in [0.1, 0.15) is 0 Å². The summed E-state index contributed by atoms with van der Waals surface area (Å²) in [5.74, 6) is 3.28. The van der Waals surface area contributed by atoms with Crippen LogP contribution in [0.5, 0.6) is 0 Å². The van der Waals surface area contributed by atoms with E-state index in [1.807, 2.05) is 0 Å². The SMILES string of the molecule is O=C(N1CCCC(CO)C1)C12CC3CC(CC(C3)C1)C2. The number of likely N-dealkylation sites (tertiary alicyclic amines) is 1. The van der Waals surface area contributed by atoms with Crippen LogP contribution in [0.15, 0.2) is 0 Å². The Labute approximate surface area is 121 Å². The molecule has 1 atom stereocenters. The van der Waals surface area contributed by atoms with Crippen LogP contribution in [-0.4, -0.2) is 35.6 Å². The zero-order valence-corrected chi connectivity index (χ0v) is 12.4. The van der Waals surface area contributed by atoms with Crippen LogP contribution in [0.25, 0.3) is 0 Å². The third-order valence-electron chi connectivity index (χ3n) is 6.56. The van der Waals surface area contributed by atoms with E-state index in [1.54, 1.807) is 0 Å². The highest BCUT2D eigenvalue weighted by Crippen LogP contribution is 2.60. The average molecular weight is 277 g/mol. The molecular weight excluding hydrogens is 250 g/mol. The summed E-state index contributed by atoms with van der Waals surface area (Å²) in [7, 11) is 0. The summed E-state index contributed by atoms with van der Waals surface area (Å²) in [5.41, 5.74) is 0.00605. The first-order chi connectivity index (χ1) is 9.68. The number of hydrogen-bond donors (Lipinski definition) is 1. The maximum atomic E-state index is 13.2. The Balaban J connectivity index is 1.53. The highest BCUT2D eigenvalue weighted by Gasteiger charge is 2.55. The van der Waals surface area contributed by atoms with Crippen LogP contribution in [-0.2, 0) is 4.79 Å². The third kappa shape index (κ3) is 2.01. The number of aliphatic hydroxyl groups excluding tert-OH is 1. The van der Waals surface area contributed by atoms with E-state index in [4.69, 9.17) is 0 Å². The van der Waals surface area contributed by atoms with Gasteiger partial charge in [-0.25, -0.2) is 0 Å². The van der Waals surface area contributed by atoms with Gasteiger partial charge in [0, 0.05) is 19.7 Å². The zero-order valence-electron chi connectivity index (χ0n) is 12.4. The topological polar surface area (TPSA) is 40.5 Å². The van der Waals surface area contributed by atoms with E-state index < -0.39 is 0 Å². The Morgan fingerprint density at radius 2 is 1.70 bits per heavy atom. The lowest BCUT2D eigenvalue weighted by Gasteiger charge is -2.57. The summed E-state index contributed by atoms with van der Waals surface area (Å²) in [6.07, 6.45) is 9.84. The van der Waals surface area contributed by atoms with Gasteiger partial charge >= 0.3 is 0 Å². The Morgan fingerprint density at radius 1 is 1.10 bits per heavy atom. The fraction of sp³-hybridized carbons (Fsp3) is 0.941. The van der Waals surface area contributed by atoms with Crippen LogP contribution >= 0.6 is 0 Å². The van der Waals surface area contributed by atoms with Gasteiger partial charge in [0.15, 0.2) is 0 Å². The fourth-order valence-electron chi connectivity index (χ4n) is 6.11. The van der Waals surface area contributed by atoms with Crippen LogP contribution in [0.1, 0.15) is 51.4 Å². The van der Waals surface area contributed by atoms with Crippen molar-refractivity contribution in [3.63, 3.8) is 0 Å². The van der Waals surface area contributed by atoms with Crippen molar-refractivity contribution in [1.82, 2.24) is 4.90 Å². The second-order valence-corrected chi connectivity index (χ2v) is 8.14. The first-order valence-electron chi connectivity index (χ1n) is 8.59. The van der Waals surface area contributed by atoms with E-state index in [9.17, 15) is 9.90 Å². The van der Waals surface area contributed by atoms with Gasteiger partial charge in [-0.2, -0.15) is 0 Å². The van der Waals surface area contributed by atoms with Crippen LogP contribution in [0.2, 0.25) is 0 Å². The van der Waals surface area contributed by atoms with Gasteiger partial charge in [0.05, 0.1) is 5.41 Å². The summed E-state index contributed by atoms with van der Waals surface area (Å²) < 4.78 is 0. The van der Waals surface area contributed by atoms with Gasteiger partial charge in [-0.3, -0.25) is 4.79 Å². The number of rotatable bonds is 2. The van der Waals surface area contributed by atoms with Crippen LogP contribution in [0, 0.1) is 29.1 Å². The molecule has 1 saturated heterocycles. The monoisotopic (exact) mass is 277 g/mol. The molecule has 1 amide bonds. The molecule has 0 aromatic carbocycles. The van der Waals surface area contributed by atoms with Crippen molar-refractivity contribution in [1.29, 1.82) is 0 Å². The molecular formula is C17H27NO2. The maximum absolute atomic E-state index is 13.2. The minimum absolute atomic E-state index is 0.00605. The molecule has 5 fully saturated rings. The fourth-order valence-corrected chi connectivity index (χ4v) is 6.11. The predicted molar refractivity (Wildman–Crippen MR) is 77.0 cm³/mol. The third-order valence-corrected chi connectivity index (χ3v) is 6.56. The van der Waals surface area contributed by atoms with E-state index in [-0.39, 0.29) is 12.0 Å². The summed E-state index contributed by atoms with van der Waals surface area (Å²) in [6, 6.07) is 0. The van der Waals surface area contributed by atoms with Gasteiger partial charge in [-0.15, -0.1) is 0 Å². The number of nitrogens with zero attached hydrogens (tertiary/aromatic N) is 1. The van der Waals surface area contributed by atoms with E-state index in [0.717, 1.165) is 43.7 Å². The van der Waals surface area contributed by atoms with Crippen molar-refractivity contribution < 1.29 is 9.90 Å². The largest absolute Gasteiger partial charge is 0.396 e.